The van der Waals surface area contributed by atoms with Crippen LogP contribution < -0.4 is 22.1 Å². The molecule has 16 heteroatoms. The molecule has 0 aliphatic carbocycles. The van der Waals surface area contributed by atoms with Gasteiger partial charge in [-0.25, -0.2) is 4.79 Å². The molecule has 0 fully saturated rings. The summed E-state index contributed by atoms with van der Waals surface area (Å²) in [4.78, 5) is 86.1. The zero-order valence-corrected chi connectivity index (χ0v) is 23.8. The van der Waals surface area contributed by atoms with Crippen LogP contribution in [0.4, 0.5) is 0 Å². The van der Waals surface area contributed by atoms with Crippen molar-refractivity contribution in [3.05, 3.63) is 0 Å². The van der Waals surface area contributed by atoms with Crippen LogP contribution in [0.5, 0.6) is 0 Å². The van der Waals surface area contributed by atoms with Gasteiger partial charge in [0.25, 0.3) is 0 Å². The molecule has 40 heavy (non-hydrogen) atoms. The summed E-state index contributed by atoms with van der Waals surface area (Å²) in [7, 11) is 0. The predicted molar refractivity (Wildman–Crippen MR) is 145 cm³/mol. The number of rotatable bonds is 21. The predicted octanol–water partition coefficient (Wildman–Crippen LogP) is -0.888. The highest BCUT2D eigenvalue weighted by Gasteiger charge is 2.41. The number of unbranched alkanes of at least 4 members (excludes halogenated alkanes) is 3. The summed E-state index contributed by atoms with van der Waals surface area (Å²) in [6.07, 6.45) is 2.41. The van der Waals surface area contributed by atoms with Gasteiger partial charge in [0.2, 0.25) is 23.6 Å². The van der Waals surface area contributed by atoms with Gasteiger partial charge in [-0.05, 0) is 26.7 Å². The van der Waals surface area contributed by atoms with Gasteiger partial charge in [-0.15, -0.1) is 0 Å². The van der Waals surface area contributed by atoms with Crippen LogP contribution in [-0.4, -0.2) is 103 Å². The van der Waals surface area contributed by atoms with Gasteiger partial charge in [0, 0.05) is 24.3 Å². The smallest absolute Gasteiger partial charge is 0.326 e. The van der Waals surface area contributed by atoms with Crippen molar-refractivity contribution in [2.45, 2.75) is 95.9 Å². The average molecular weight is 592 g/mol. The Morgan fingerprint density at radius 2 is 1.43 bits per heavy atom. The number of amides is 4. The summed E-state index contributed by atoms with van der Waals surface area (Å²) in [5, 5.41) is 32.9. The fraction of sp³-hybridized carbons (Fsp3) is 0.708. The molecule has 228 valence electrons. The lowest BCUT2D eigenvalue weighted by Crippen LogP contribution is -2.62. The molecule has 4 amide bonds. The van der Waals surface area contributed by atoms with Crippen LogP contribution in [-0.2, 0) is 33.6 Å². The van der Waals surface area contributed by atoms with Gasteiger partial charge >= 0.3 is 17.9 Å². The number of thioether (sulfide) groups is 1. The van der Waals surface area contributed by atoms with E-state index in [0.717, 1.165) is 37.9 Å². The lowest BCUT2D eigenvalue weighted by molar-refractivity contribution is -0.156. The molecule has 0 heterocycles. The molecule has 9 N–H and O–H groups in total. The largest absolute Gasteiger partial charge is 0.480 e. The number of nitrogens with zero attached hydrogens (tertiary/aromatic N) is 1. The number of hydrogen-bond donors (Lipinski definition) is 7. The van der Waals surface area contributed by atoms with Crippen LogP contribution in [0.15, 0.2) is 0 Å². The molecule has 0 radical (unpaired) electrons. The summed E-state index contributed by atoms with van der Waals surface area (Å²) < 4.78 is 0. The van der Waals surface area contributed by atoms with Crippen LogP contribution in [0.25, 0.3) is 0 Å². The van der Waals surface area contributed by atoms with Crippen LogP contribution >= 0.6 is 11.8 Å². The molecule has 0 rings (SSSR count). The molecular formula is C24H41N5O10S. The quantitative estimate of drug-likeness (QED) is 0.0802. The third-order valence-electron chi connectivity index (χ3n) is 5.80. The highest BCUT2D eigenvalue weighted by Crippen LogP contribution is 2.19. The van der Waals surface area contributed by atoms with E-state index in [1.165, 1.54) is 6.92 Å². The molecule has 0 saturated heterocycles. The summed E-state index contributed by atoms with van der Waals surface area (Å²) >= 11 is 0.822. The molecule has 0 aromatic rings. The molecule has 0 aliphatic rings. The maximum atomic E-state index is 13.6. The first-order valence-corrected chi connectivity index (χ1v) is 14.0. The lowest BCUT2D eigenvalue weighted by Gasteiger charge is -2.37. The van der Waals surface area contributed by atoms with E-state index in [-0.39, 0.29) is 17.9 Å². The summed E-state index contributed by atoms with van der Waals surface area (Å²) in [5.41, 5.74) is 10.7. The minimum Gasteiger partial charge on any atom is -0.480 e. The van der Waals surface area contributed by atoms with E-state index >= 15 is 0 Å². The monoisotopic (exact) mass is 591 g/mol. The highest BCUT2D eigenvalue weighted by molar-refractivity contribution is 7.99. The van der Waals surface area contributed by atoms with Gasteiger partial charge in [-0.1, -0.05) is 26.2 Å². The maximum absolute atomic E-state index is 13.6. The van der Waals surface area contributed by atoms with Crippen molar-refractivity contribution in [3.8, 4) is 0 Å². The number of hydrogen-bond acceptors (Lipinski definition) is 9. The molecule has 5 atom stereocenters. The summed E-state index contributed by atoms with van der Waals surface area (Å²) in [6, 6.07) is -7.47. The molecule has 0 unspecified atom stereocenters. The van der Waals surface area contributed by atoms with Gasteiger partial charge in [0.1, 0.15) is 30.2 Å². The van der Waals surface area contributed by atoms with Gasteiger partial charge in [0.15, 0.2) is 0 Å². The van der Waals surface area contributed by atoms with Crippen molar-refractivity contribution in [2.24, 2.45) is 11.5 Å². The Morgan fingerprint density at radius 1 is 0.800 bits per heavy atom. The van der Waals surface area contributed by atoms with E-state index < -0.39 is 84.6 Å². The fourth-order valence-corrected chi connectivity index (χ4v) is 4.60. The third-order valence-corrected chi connectivity index (χ3v) is 6.95. The Labute approximate surface area is 236 Å². The third kappa shape index (κ3) is 13.6. The van der Waals surface area contributed by atoms with Crippen molar-refractivity contribution < 1.29 is 48.9 Å². The molecular weight excluding hydrogens is 550 g/mol. The van der Waals surface area contributed by atoms with Gasteiger partial charge < -0.3 is 42.3 Å². The van der Waals surface area contributed by atoms with Crippen LogP contribution in [0.3, 0.4) is 0 Å². The van der Waals surface area contributed by atoms with Crippen molar-refractivity contribution in [2.75, 3.05) is 11.5 Å². The minimum absolute atomic E-state index is 0.116. The van der Waals surface area contributed by atoms with E-state index in [4.69, 9.17) is 16.6 Å². The summed E-state index contributed by atoms with van der Waals surface area (Å²) in [6.45, 7) is 4.46. The number of nitrogens with one attached hydrogen (secondary N) is 2. The second-order valence-electron chi connectivity index (χ2n) is 9.27. The molecule has 0 spiro atoms. The second-order valence-corrected chi connectivity index (χ2v) is 10.3. The van der Waals surface area contributed by atoms with Gasteiger partial charge in [-0.2, -0.15) is 11.8 Å². The first-order chi connectivity index (χ1) is 18.6. The number of primary amides is 1. The Bertz CT molecular complexity index is 918. The van der Waals surface area contributed by atoms with E-state index in [1.807, 2.05) is 6.92 Å². The molecule has 0 aromatic heterocycles. The zero-order valence-electron chi connectivity index (χ0n) is 23.0. The van der Waals surface area contributed by atoms with Crippen molar-refractivity contribution in [1.29, 1.82) is 0 Å². The van der Waals surface area contributed by atoms with Gasteiger partial charge in [0.05, 0.1) is 0 Å². The van der Waals surface area contributed by atoms with E-state index in [9.17, 15) is 43.8 Å². The molecule has 0 aromatic carbocycles. The standard InChI is InChI=1S/C24H41N5O10S/c1-4-5-6-7-8-19(31)27-13(2)21(33)29(16(24(38)39)9-10-18(26)30)17(12-40-11-15(25)23(36)37)20(32)28-14(3)22(34)35/h13-17H,4-12,25H2,1-3H3,(H2,26,30)(H,27,31)(H,28,32)(H,34,35)(H,36,37)(H,38,39)/t13-,14+,15-,16+,17+/m0/s1. The highest BCUT2D eigenvalue weighted by atomic mass is 32.2. The Morgan fingerprint density at radius 3 is 1.93 bits per heavy atom. The lowest BCUT2D eigenvalue weighted by atomic mass is 10.0. The molecule has 0 aliphatic heterocycles. The van der Waals surface area contributed by atoms with Crippen LogP contribution in [0.1, 0.15) is 65.7 Å². The maximum Gasteiger partial charge on any atom is 0.326 e. The Kier molecular flexibility index (Phi) is 17.2. The number of nitrogens with two attached hydrogens (primary N) is 2. The number of carboxylic acid groups (broad SMARTS) is 3. The topological polar surface area (TPSA) is 260 Å². The van der Waals surface area contributed by atoms with E-state index in [2.05, 4.69) is 10.6 Å². The number of aliphatic carboxylic acids is 3. The fourth-order valence-electron chi connectivity index (χ4n) is 3.53. The van der Waals surface area contributed by atoms with Crippen molar-refractivity contribution in [1.82, 2.24) is 15.5 Å². The van der Waals surface area contributed by atoms with E-state index in [0.29, 0.717) is 11.3 Å². The Hall–Kier alpha value is -3.40. The first kappa shape index (κ1) is 36.6. The molecule has 0 saturated carbocycles. The number of carbonyl (C=O) groups is 7. The van der Waals surface area contributed by atoms with Crippen LogP contribution in [0.2, 0.25) is 0 Å². The zero-order chi connectivity index (χ0) is 31.0. The van der Waals surface area contributed by atoms with Gasteiger partial charge in [-0.3, -0.25) is 28.8 Å². The van der Waals surface area contributed by atoms with Crippen molar-refractivity contribution >= 4 is 53.3 Å². The van der Waals surface area contributed by atoms with Crippen LogP contribution in [0, 0.1) is 0 Å². The molecule has 15 nitrogen and oxygen atoms in total. The SMILES string of the molecule is CCCCCCC(=O)N[C@@H](C)C(=O)N([C@H](CCC(N)=O)C(=O)O)[C@H](CSC[C@H](N)C(=O)O)C(=O)N[C@H](C)C(=O)O. The summed E-state index contributed by atoms with van der Waals surface area (Å²) in [5.74, 6) is -8.27. The van der Waals surface area contributed by atoms with Crippen molar-refractivity contribution in [3.63, 3.8) is 0 Å². The van der Waals surface area contributed by atoms with E-state index in [1.54, 1.807) is 0 Å². The second kappa shape index (κ2) is 18.8. The minimum atomic E-state index is -1.77. The number of carbonyl (C=O) groups excluding carboxylic acids is 4. The average Bonchev–Trinajstić information content (AvgIpc) is 2.86. The first-order valence-electron chi connectivity index (χ1n) is 12.9. The molecule has 0 bridgehead atoms. The normalized spacial score (nSPS) is 14.6. The Balaban J connectivity index is 6.34. The number of carboxylic acids is 3.